The molecule has 1 saturated carbocycles. The fourth-order valence-corrected chi connectivity index (χ4v) is 2.65. The Morgan fingerprint density at radius 1 is 1.29 bits per heavy atom. The molecule has 0 aliphatic heterocycles. The Labute approximate surface area is 127 Å². The fourth-order valence-electron chi connectivity index (χ4n) is 2.45. The largest absolute Gasteiger partial charge is 0.351 e. The Morgan fingerprint density at radius 3 is 2.67 bits per heavy atom. The monoisotopic (exact) mass is 304 g/mol. The predicted molar refractivity (Wildman–Crippen MR) is 78.9 cm³/mol. The van der Waals surface area contributed by atoms with Gasteiger partial charge in [0.25, 0.3) is 5.91 Å². The molecule has 1 aromatic heterocycles. The lowest BCUT2D eigenvalue weighted by atomic mass is 9.96. The van der Waals surface area contributed by atoms with Crippen molar-refractivity contribution in [3.8, 4) is 0 Å². The summed E-state index contributed by atoms with van der Waals surface area (Å²) < 4.78 is 13.3. The van der Waals surface area contributed by atoms with E-state index in [0.717, 1.165) is 12.8 Å². The number of pyridine rings is 1. The third kappa shape index (κ3) is 2.76. The topological polar surface area (TPSA) is 42.0 Å². The van der Waals surface area contributed by atoms with Crippen LogP contribution >= 0.6 is 11.6 Å². The van der Waals surface area contributed by atoms with Crippen LogP contribution in [0.15, 0.2) is 42.6 Å². The maximum atomic E-state index is 13.3. The average Bonchev–Trinajstić information content (AvgIpc) is 3.30. The lowest BCUT2D eigenvalue weighted by molar-refractivity contribution is 0.0949. The van der Waals surface area contributed by atoms with Crippen molar-refractivity contribution in [2.24, 2.45) is 0 Å². The fraction of sp³-hybridized carbons (Fsp3) is 0.250. The molecule has 1 amide bonds. The van der Waals surface area contributed by atoms with E-state index in [1.165, 1.54) is 17.8 Å². The molecule has 108 valence electrons. The smallest absolute Gasteiger partial charge is 0.253 e. The highest BCUT2D eigenvalue weighted by atomic mass is 35.5. The molecule has 0 spiro atoms. The maximum absolute atomic E-state index is 13.3. The lowest BCUT2D eigenvalue weighted by Gasteiger charge is -2.16. The van der Waals surface area contributed by atoms with Gasteiger partial charge in [-0.25, -0.2) is 4.98 Å². The summed E-state index contributed by atoms with van der Waals surface area (Å²) in [6.45, 7) is 0.524. The average molecular weight is 305 g/mol. The number of aromatic nitrogens is 1. The number of carbonyl (C=O) groups excluding carboxylic acids is 1. The van der Waals surface area contributed by atoms with Gasteiger partial charge in [-0.2, -0.15) is 4.39 Å². The van der Waals surface area contributed by atoms with Gasteiger partial charge in [0.2, 0.25) is 5.95 Å². The van der Waals surface area contributed by atoms with Gasteiger partial charge in [0.05, 0.1) is 5.56 Å². The molecule has 1 aliphatic carbocycles. The second-order valence-corrected chi connectivity index (χ2v) is 5.67. The van der Waals surface area contributed by atoms with Crippen molar-refractivity contribution in [1.82, 2.24) is 10.3 Å². The van der Waals surface area contributed by atoms with E-state index in [-0.39, 0.29) is 21.9 Å². The Bertz CT molecular complexity index is 671. The van der Waals surface area contributed by atoms with E-state index in [2.05, 4.69) is 22.4 Å². The van der Waals surface area contributed by atoms with Crippen molar-refractivity contribution in [2.75, 3.05) is 6.54 Å². The molecular weight excluding hydrogens is 291 g/mol. The standard InChI is InChI=1S/C16H14ClFN2O/c17-13-12(6-9-19-14(13)18)15(21)20-10-16(7-8-16)11-4-2-1-3-5-11/h1-6,9H,7-8,10H2,(H,20,21). The number of nitrogens with zero attached hydrogens (tertiary/aromatic N) is 1. The first kappa shape index (κ1) is 14.0. The molecule has 2 aromatic rings. The molecule has 1 N–H and O–H groups in total. The van der Waals surface area contributed by atoms with Gasteiger partial charge < -0.3 is 5.32 Å². The minimum Gasteiger partial charge on any atom is -0.351 e. The Kier molecular flexibility index (Phi) is 3.64. The number of hydrogen-bond acceptors (Lipinski definition) is 2. The van der Waals surface area contributed by atoms with Gasteiger partial charge in [-0.1, -0.05) is 41.9 Å². The van der Waals surface area contributed by atoms with Gasteiger partial charge >= 0.3 is 0 Å². The summed E-state index contributed by atoms with van der Waals surface area (Å²) >= 11 is 5.77. The number of halogens is 2. The van der Waals surface area contributed by atoms with Crippen molar-refractivity contribution in [3.05, 3.63) is 64.7 Å². The van der Waals surface area contributed by atoms with Crippen LogP contribution in [0.5, 0.6) is 0 Å². The number of rotatable bonds is 4. The van der Waals surface area contributed by atoms with Crippen LogP contribution < -0.4 is 5.32 Å². The van der Waals surface area contributed by atoms with E-state index >= 15 is 0 Å². The number of benzene rings is 1. The number of amides is 1. The molecule has 1 aliphatic rings. The molecule has 3 nitrogen and oxygen atoms in total. The van der Waals surface area contributed by atoms with Crippen LogP contribution in [0.2, 0.25) is 5.02 Å². The van der Waals surface area contributed by atoms with Gasteiger partial charge in [0.1, 0.15) is 5.02 Å². The van der Waals surface area contributed by atoms with Crippen LogP contribution in [-0.4, -0.2) is 17.4 Å². The Balaban J connectivity index is 1.71. The van der Waals surface area contributed by atoms with Gasteiger partial charge in [0, 0.05) is 18.2 Å². The number of nitrogens with one attached hydrogen (secondary N) is 1. The zero-order chi connectivity index (χ0) is 14.9. The van der Waals surface area contributed by atoms with Crippen LogP contribution in [0.1, 0.15) is 28.8 Å². The van der Waals surface area contributed by atoms with Gasteiger partial charge in [-0.3, -0.25) is 4.79 Å². The molecule has 3 rings (SSSR count). The molecule has 0 bridgehead atoms. The first-order chi connectivity index (χ1) is 10.1. The molecule has 0 radical (unpaired) electrons. The van der Waals surface area contributed by atoms with E-state index in [1.54, 1.807) is 0 Å². The molecule has 0 unspecified atom stereocenters. The summed E-state index contributed by atoms with van der Waals surface area (Å²) in [5, 5.41) is 2.61. The van der Waals surface area contributed by atoms with Crippen LogP contribution in [-0.2, 0) is 5.41 Å². The Morgan fingerprint density at radius 2 is 2.00 bits per heavy atom. The minimum atomic E-state index is -0.825. The van der Waals surface area contributed by atoms with E-state index in [4.69, 9.17) is 11.6 Å². The first-order valence-corrected chi connectivity index (χ1v) is 7.14. The maximum Gasteiger partial charge on any atom is 0.253 e. The van der Waals surface area contributed by atoms with E-state index in [1.807, 2.05) is 18.2 Å². The van der Waals surface area contributed by atoms with Crippen molar-refractivity contribution >= 4 is 17.5 Å². The van der Waals surface area contributed by atoms with E-state index in [9.17, 15) is 9.18 Å². The molecular formula is C16H14ClFN2O. The highest BCUT2D eigenvalue weighted by molar-refractivity contribution is 6.33. The third-order valence-corrected chi connectivity index (χ3v) is 4.28. The molecule has 1 fully saturated rings. The van der Waals surface area contributed by atoms with Crippen LogP contribution in [0, 0.1) is 5.95 Å². The van der Waals surface area contributed by atoms with E-state index < -0.39 is 5.95 Å². The van der Waals surface area contributed by atoms with Gasteiger partial charge in [-0.05, 0) is 24.5 Å². The molecule has 5 heteroatoms. The van der Waals surface area contributed by atoms with E-state index in [0.29, 0.717) is 6.54 Å². The highest BCUT2D eigenvalue weighted by Crippen LogP contribution is 2.47. The van der Waals surface area contributed by atoms with Crippen molar-refractivity contribution in [2.45, 2.75) is 18.3 Å². The van der Waals surface area contributed by atoms with Crippen LogP contribution in [0.3, 0.4) is 0 Å². The first-order valence-electron chi connectivity index (χ1n) is 6.76. The van der Waals surface area contributed by atoms with Crippen LogP contribution in [0.4, 0.5) is 4.39 Å². The lowest BCUT2D eigenvalue weighted by Crippen LogP contribution is -2.32. The minimum absolute atomic E-state index is 0.00890. The summed E-state index contributed by atoms with van der Waals surface area (Å²) in [4.78, 5) is 15.5. The highest BCUT2D eigenvalue weighted by Gasteiger charge is 2.44. The summed E-state index contributed by atoms with van der Waals surface area (Å²) in [6.07, 6.45) is 3.31. The van der Waals surface area contributed by atoms with Gasteiger partial charge in [0.15, 0.2) is 0 Å². The second-order valence-electron chi connectivity index (χ2n) is 5.29. The van der Waals surface area contributed by atoms with Crippen molar-refractivity contribution in [3.63, 3.8) is 0 Å². The molecule has 0 atom stereocenters. The summed E-state index contributed by atoms with van der Waals surface area (Å²) in [5.41, 5.74) is 1.35. The zero-order valence-electron chi connectivity index (χ0n) is 11.3. The normalized spacial score (nSPS) is 15.5. The SMILES string of the molecule is O=C(NCC1(c2ccccc2)CC1)c1ccnc(F)c1Cl. The van der Waals surface area contributed by atoms with Gasteiger partial charge in [-0.15, -0.1) is 0 Å². The summed E-state index contributed by atoms with van der Waals surface area (Å²) in [6, 6.07) is 11.5. The summed E-state index contributed by atoms with van der Waals surface area (Å²) in [5.74, 6) is -1.20. The van der Waals surface area contributed by atoms with Crippen molar-refractivity contribution < 1.29 is 9.18 Å². The predicted octanol–water partition coefficient (Wildman–Crippen LogP) is 3.34. The number of hydrogen-bond donors (Lipinski definition) is 1. The quantitative estimate of drug-likeness (QED) is 0.880. The molecule has 0 saturated heterocycles. The summed E-state index contributed by atoms with van der Waals surface area (Å²) in [7, 11) is 0. The van der Waals surface area contributed by atoms with Crippen molar-refractivity contribution in [1.29, 1.82) is 0 Å². The number of carbonyl (C=O) groups is 1. The molecule has 1 aromatic carbocycles. The molecule has 21 heavy (non-hydrogen) atoms. The third-order valence-electron chi connectivity index (χ3n) is 3.92. The second kappa shape index (κ2) is 5.45. The Hall–Kier alpha value is -1.94. The molecule has 1 heterocycles. The van der Waals surface area contributed by atoms with Crippen LogP contribution in [0.25, 0.3) is 0 Å². The zero-order valence-corrected chi connectivity index (χ0v) is 12.0.